The van der Waals surface area contributed by atoms with E-state index in [0.29, 0.717) is 13.1 Å². The van der Waals surface area contributed by atoms with Crippen LogP contribution in [-0.4, -0.2) is 104 Å². The van der Waals surface area contributed by atoms with Crippen LogP contribution >= 0.6 is 11.6 Å². The van der Waals surface area contributed by atoms with Crippen LogP contribution in [0.4, 0.5) is 9.59 Å². The Morgan fingerprint density at radius 2 is 1.30 bits per heavy atom. The highest BCUT2D eigenvalue weighted by Gasteiger charge is 2.10. The minimum absolute atomic E-state index is 0.130. The number of rotatable bonds is 8. The van der Waals surface area contributed by atoms with Crippen molar-refractivity contribution in [2.45, 2.75) is 0 Å². The maximum absolute atomic E-state index is 10.8. The molecule has 0 radical (unpaired) electrons. The van der Waals surface area contributed by atoms with Crippen LogP contribution in [0.5, 0.6) is 0 Å². The second kappa shape index (κ2) is 23.1. The van der Waals surface area contributed by atoms with Crippen molar-refractivity contribution in [3.8, 4) is 0 Å². The van der Waals surface area contributed by atoms with Crippen molar-refractivity contribution in [2.24, 2.45) is 0 Å². The first kappa shape index (κ1) is 26.7. The van der Waals surface area contributed by atoms with E-state index in [2.05, 4.69) is 26.4 Å². The molecule has 0 unspecified atom stereocenters. The zero-order chi connectivity index (χ0) is 18.5. The van der Waals surface area contributed by atoms with Crippen LogP contribution in [0.15, 0.2) is 0 Å². The van der Waals surface area contributed by atoms with Crippen molar-refractivity contribution in [1.82, 2.24) is 10.2 Å². The number of ether oxygens (including phenoxy) is 2. The van der Waals surface area contributed by atoms with Crippen molar-refractivity contribution >= 4 is 23.1 Å². The van der Waals surface area contributed by atoms with Crippen molar-refractivity contribution in [3.63, 3.8) is 0 Å². The Morgan fingerprint density at radius 1 is 0.913 bits per heavy atom. The molecule has 0 aliphatic carbocycles. The molecule has 0 atom stereocenters. The first-order valence-electron chi connectivity index (χ1n) is 6.65. The summed E-state index contributed by atoms with van der Waals surface area (Å²) in [5, 5.41) is 36.0. The van der Waals surface area contributed by atoms with Gasteiger partial charge in [0.1, 0.15) is 0 Å². The highest BCUT2D eigenvalue weighted by atomic mass is 35.5. The van der Waals surface area contributed by atoms with Crippen molar-refractivity contribution in [1.29, 1.82) is 0 Å². The molecule has 0 fully saturated rings. The zero-order valence-electron chi connectivity index (χ0n) is 13.4. The fourth-order valence-electron chi connectivity index (χ4n) is 0.948. The SMILES string of the molecule is COC(=O)Cl.COC(=O)N(CCO)CCO.OCCNCCO. The van der Waals surface area contributed by atoms with Gasteiger partial charge in [0, 0.05) is 37.8 Å². The van der Waals surface area contributed by atoms with Gasteiger partial charge in [-0.2, -0.15) is 0 Å². The molecule has 0 saturated carbocycles. The predicted molar refractivity (Wildman–Crippen MR) is 83.4 cm³/mol. The number of methoxy groups -OCH3 is 2. The van der Waals surface area contributed by atoms with Gasteiger partial charge in [0.25, 0.3) is 0 Å². The fourth-order valence-corrected chi connectivity index (χ4v) is 0.948. The van der Waals surface area contributed by atoms with Gasteiger partial charge in [-0.25, -0.2) is 9.59 Å². The second-order valence-corrected chi connectivity index (χ2v) is 3.85. The Bertz CT molecular complexity index is 261. The third-order valence-electron chi connectivity index (χ3n) is 1.91. The van der Waals surface area contributed by atoms with Gasteiger partial charge in [0.2, 0.25) is 0 Å². The summed E-state index contributed by atoms with van der Waals surface area (Å²) in [6, 6.07) is 0. The summed E-state index contributed by atoms with van der Waals surface area (Å²) >= 11 is 4.60. The average molecular weight is 363 g/mol. The van der Waals surface area contributed by atoms with Gasteiger partial charge < -0.3 is 40.1 Å². The van der Waals surface area contributed by atoms with E-state index < -0.39 is 11.5 Å². The summed E-state index contributed by atoms with van der Waals surface area (Å²) in [6.45, 7) is 1.53. The number of hydrogen-bond acceptors (Lipinski definition) is 9. The Kier molecular flexibility index (Phi) is 26.8. The number of nitrogens with zero attached hydrogens (tertiary/aromatic N) is 1. The molecular formula is C12H27ClN2O8. The molecular weight excluding hydrogens is 336 g/mol. The molecule has 1 amide bonds. The lowest BCUT2D eigenvalue weighted by atomic mass is 10.5. The largest absolute Gasteiger partial charge is 0.457 e. The van der Waals surface area contributed by atoms with Crippen LogP contribution in [0.25, 0.3) is 0 Å². The van der Waals surface area contributed by atoms with E-state index >= 15 is 0 Å². The third-order valence-corrected chi connectivity index (χ3v) is 2.06. The molecule has 0 aromatic rings. The number of aliphatic hydroxyl groups excluding tert-OH is 4. The molecule has 0 rings (SSSR count). The molecule has 5 N–H and O–H groups in total. The second-order valence-electron chi connectivity index (χ2n) is 3.54. The number of aliphatic hydroxyl groups is 4. The molecule has 0 aliphatic rings. The fraction of sp³-hybridized carbons (Fsp3) is 0.833. The molecule has 0 heterocycles. The lowest BCUT2D eigenvalue weighted by Gasteiger charge is -2.18. The molecule has 10 nitrogen and oxygen atoms in total. The van der Waals surface area contributed by atoms with Crippen molar-refractivity contribution in [2.75, 3.05) is 66.8 Å². The normalized spacial score (nSPS) is 8.83. The van der Waals surface area contributed by atoms with Gasteiger partial charge >= 0.3 is 11.5 Å². The Labute approximate surface area is 140 Å². The van der Waals surface area contributed by atoms with Crippen LogP contribution in [0.1, 0.15) is 0 Å². The number of nitrogens with one attached hydrogen (secondary N) is 1. The number of hydrogen-bond donors (Lipinski definition) is 5. The summed E-state index contributed by atoms with van der Waals surface area (Å²) in [6.07, 6.45) is -0.534. The minimum atomic E-state index is -0.773. The summed E-state index contributed by atoms with van der Waals surface area (Å²) in [4.78, 5) is 21.4. The standard InChI is InChI=1S/C6H13NO4.C4H11NO2.C2H3ClO2/c1-11-6(10)7(2-4-8)3-5-9;6-3-1-5-2-4-7;1-5-2(3)4/h8-9H,2-5H2,1H3;5-7H,1-4H2;1H3. The lowest BCUT2D eigenvalue weighted by molar-refractivity contribution is 0.103. The van der Waals surface area contributed by atoms with E-state index in [1.54, 1.807) is 0 Å². The molecule has 0 spiro atoms. The van der Waals surface area contributed by atoms with Crippen LogP contribution in [0.3, 0.4) is 0 Å². The number of amides is 1. The first-order valence-corrected chi connectivity index (χ1v) is 7.03. The van der Waals surface area contributed by atoms with E-state index in [-0.39, 0.29) is 39.5 Å². The molecule has 0 aromatic carbocycles. The molecule has 0 aliphatic heterocycles. The van der Waals surface area contributed by atoms with Gasteiger partial charge in [0.05, 0.1) is 40.6 Å². The predicted octanol–water partition coefficient (Wildman–Crippen LogP) is -1.41. The van der Waals surface area contributed by atoms with Gasteiger partial charge in [0.15, 0.2) is 0 Å². The van der Waals surface area contributed by atoms with E-state index in [1.165, 1.54) is 19.1 Å². The molecule has 0 aromatic heterocycles. The minimum Gasteiger partial charge on any atom is -0.457 e. The van der Waals surface area contributed by atoms with Crippen LogP contribution in [0, 0.1) is 0 Å². The Balaban J connectivity index is -0.000000286. The number of carbonyl (C=O) groups is 2. The molecule has 0 bridgehead atoms. The van der Waals surface area contributed by atoms with Crippen LogP contribution in [0.2, 0.25) is 0 Å². The van der Waals surface area contributed by atoms with Gasteiger partial charge in [-0.3, -0.25) is 0 Å². The highest BCUT2D eigenvalue weighted by Crippen LogP contribution is 1.90. The van der Waals surface area contributed by atoms with E-state index in [1.807, 2.05) is 0 Å². The van der Waals surface area contributed by atoms with Gasteiger partial charge in [-0.15, -0.1) is 0 Å². The Morgan fingerprint density at radius 3 is 1.52 bits per heavy atom. The smallest absolute Gasteiger partial charge is 0.409 e. The summed E-state index contributed by atoms with van der Waals surface area (Å²) < 4.78 is 8.26. The zero-order valence-corrected chi connectivity index (χ0v) is 14.2. The summed E-state index contributed by atoms with van der Waals surface area (Å²) in [5.74, 6) is 0. The Hall–Kier alpha value is -1.17. The van der Waals surface area contributed by atoms with Crippen molar-refractivity contribution in [3.05, 3.63) is 0 Å². The van der Waals surface area contributed by atoms with E-state index in [9.17, 15) is 9.59 Å². The maximum atomic E-state index is 10.8. The molecule has 23 heavy (non-hydrogen) atoms. The van der Waals surface area contributed by atoms with Crippen LogP contribution in [-0.2, 0) is 9.47 Å². The monoisotopic (exact) mass is 362 g/mol. The number of carbonyl (C=O) groups excluding carboxylic acids is 2. The number of halogens is 1. The van der Waals surface area contributed by atoms with Gasteiger partial charge in [-0.05, 0) is 0 Å². The lowest BCUT2D eigenvalue weighted by Crippen LogP contribution is -2.35. The maximum Gasteiger partial charge on any atom is 0.409 e. The van der Waals surface area contributed by atoms with E-state index in [0.717, 1.165) is 0 Å². The van der Waals surface area contributed by atoms with Gasteiger partial charge in [-0.1, -0.05) is 0 Å². The van der Waals surface area contributed by atoms with Crippen molar-refractivity contribution < 1.29 is 39.5 Å². The topological polar surface area (TPSA) is 149 Å². The summed E-state index contributed by atoms with van der Waals surface area (Å²) in [5.41, 5.74) is -0.773. The molecule has 140 valence electrons. The van der Waals surface area contributed by atoms with E-state index in [4.69, 9.17) is 20.4 Å². The highest BCUT2D eigenvalue weighted by molar-refractivity contribution is 6.61. The molecule has 11 heteroatoms. The average Bonchev–Trinajstić information content (AvgIpc) is 2.55. The third kappa shape index (κ3) is 26.1. The molecule has 0 saturated heterocycles. The summed E-state index contributed by atoms with van der Waals surface area (Å²) in [7, 11) is 2.47. The first-order chi connectivity index (χ1) is 10.9. The quantitative estimate of drug-likeness (QED) is 0.259. The van der Waals surface area contributed by atoms with Crippen LogP contribution < -0.4 is 5.32 Å².